The summed E-state index contributed by atoms with van der Waals surface area (Å²) in [4.78, 5) is 49.1. The Morgan fingerprint density at radius 1 is 0.905 bits per heavy atom. The molecule has 1 aromatic heterocycles. The van der Waals surface area contributed by atoms with Gasteiger partial charge in [0.25, 0.3) is 5.91 Å². The van der Waals surface area contributed by atoms with Crippen molar-refractivity contribution in [3.8, 4) is 11.1 Å². The van der Waals surface area contributed by atoms with E-state index in [0.29, 0.717) is 33.5 Å². The van der Waals surface area contributed by atoms with Crippen LogP contribution in [0, 0.1) is 6.92 Å². The number of halogens is 1. The summed E-state index contributed by atoms with van der Waals surface area (Å²) in [6.45, 7) is 3.85. The second kappa shape index (κ2) is 13.6. The van der Waals surface area contributed by atoms with E-state index in [0.717, 1.165) is 16.7 Å². The van der Waals surface area contributed by atoms with Crippen LogP contribution in [0.5, 0.6) is 0 Å². The lowest BCUT2D eigenvalue weighted by Gasteiger charge is -2.20. The Labute approximate surface area is 249 Å². The van der Waals surface area contributed by atoms with Gasteiger partial charge < -0.3 is 25.6 Å². The van der Waals surface area contributed by atoms with Gasteiger partial charge >= 0.3 is 12.0 Å². The number of amides is 3. The van der Waals surface area contributed by atoms with Crippen LogP contribution in [-0.2, 0) is 9.53 Å². The fraction of sp³-hybridized carbons (Fsp3) is 0.194. The molecule has 0 saturated heterocycles. The molecule has 4 rings (SSSR count). The summed E-state index contributed by atoms with van der Waals surface area (Å²) in [5.41, 5.74) is 4.19. The first-order valence-corrected chi connectivity index (χ1v) is 13.5. The highest BCUT2D eigenvalue weighted by molar-refractivity contribution is 6.31. The van der Waals surface area contributed by atoms with Gasteiger partial charge in [-0.2, -0.15) is 0 Å². The number of urea groups is 1. The zero-order valence-corrected chi connectivity index (χ0v) is 24.4. The van der Waals surface area contributed by atoms with Gasteiger partial charge in [-0.05, 0) is 73.0 Å². The smallest absolute Gasteiger partial charge is 0.338 e. The summed E-state index contributed by atoms with van der Waals surface area (Å²) in [6.07, 6.45) is 3.40. The van der Waals surface area contributed by atoms with Gasteiger partial charge in [-0.1, -0.05) is 35.9 Å². The summed E-state index contributed by atoms with van der Waals surface area (Å²) >= 11 is 6.26. The third-order valence-corrected chi connectivity index (χ3v) is 6.63. The molecule has 4 aromatic rings. The number of nitrogens with zero attached hydrogens (tertiary/aromatic N) is 3. The van der Waals surface area contributed by atoms with Crippen LogP contribution in [0.4, 0.5) is 22.1 Å². The summed E-state index contributed by atoms with van der Waals surface area (Å²) in [5, 5.41) is 8.82. The fourth-order valence-electron chi connectivity index (χ4n) is 3.99. The summed E-state index contributed by atoms with van der Waals surface area (Å²) in [6, 6.07) is 16.9. The fourth-order valence-corrected chi connectivity index (χ4v) is 4.17. The van der Waals surface area contributed by atoms with Gasteiger partial charge in [0.05, 0.1) is 12.2 Å². The second-order valence-electron chi connectivity index (χ2n) is 9.57. The van der Waals surface area contributed by atoms with Gasteiger partial charge in [0, 0.05) is 48.4 Å². The van der Waals surface area contributed by atoms with Crippen molar-refractivity contribution in [2.45, 2.75) is 19.9 Å². The van der Waals surface area contributed by atoms with Gasteiger partial charge in [-0.15, -0.1) is 0 Å². The standard InChI is InChI=1S/C31H31ClN6O4/c1-5-42-29(40)20-10-13-24(14-11-20)36-31(41)37-27(28(39)35-25-12-9-19(2)26(32)16-25)22-8-6-7-21(15-22)23-17-33-30(34-18-23)38(3)4/h6-18,27H,5H2,1-4H3,(H,35,39)(H2,36,37,41). The zero-order chi connectivity index (χ0) is 30.2. The number of nitrogens with one attached hydrogen (secondary N) is 3. The molecule has 1 heterocycles. The van der Waals surface area contributed by atoms with Crippen LogP contribution < -0.4 is 20.9 Å². The normalized spacial score (nSPS) is 11.3. The maximum Gasteiger partial charge on any atom is 0.338 e. The number of ether oxygens (including phenoxy) is 1. The van der Waals surface area contributed by atoms with Crippen LogP contribution in [0.1, 0.15) is 34.5 Å². The zero-order valence-electron chi connectivity index (χ0n) is 23.6. The molecule has 0 fully saturated rings. The molecule has 0 aliphatic carbocycles. The number of esters is 1. The van der Waals surface area contributed by atoms with Gasteiger partial charge in [-0.25, -0.2) is 19.6 Å². The first-order valence-electron chi connectivity index (χ1n) is 13.2. The highest BCUT2D eigenvalue weighted by Gasteiger charge is 2.24. The Balaban J connectivity index is 1.59. The summed E-state index contributed by atoms with van der Waals surface area (Å²) in [5.74, 6) is -0.361. The highest BCUT2D eigenvalue weighted by atomic mass is 35.5. The minimum Gasteiger partial charge on any atom is -0.462 e. The lowest BCUT2D eigenvalue weighted by atomic mass is 10.0. The molecule has 1 atom stereocenters. The molecule has 0 aliphatic rings. The Bertz CT molecular complexity index is 1580. The van der Waals surface area contributed by atoms with Crippen LogP contribution in [-0.4, -0.2) is 48.6 Å². The van der Waals surface area contributed by atoms with E-state index in [1.807, 2.05) is 27.1 Å². The highest BCUT2D eigenvalue weighted by Crippen LogP contribution is 2.26. The van der Waals surface area contributed by atoms with Crippen molar-refractivity contribution < 1.29 is 19.1 Å². The minimum atomic E-state index is -1.08. The van der Waals surface area contributed by atoms with E-state index in [2.05, 4.69) is 25.9 Å². The molecule has 0 spiro atoms. The predicted molar refractivity (Wildman–Crippen MR) is 164 cm³/mol. The van der Waals surface area contributed by atoms with E-state index in [-0.39, 0.29) is 6.61 Å². The lowest BCUT2D eigenvalue weighted by Crippen LogP contribution is -2.39. The Morgan fingerprint density at radius 2 is 1.60 bits per heavy atom. The molecule has 11 heteroatoms. The predicted octanol–water partition coefficient (Wildman–Crippen LogP) is 5.85. The Kier molecular flexibility index (Phi) is 9.72. The molecule has 10 nitrogen and oxygen atoms in total. The SMILES string of the molecule is CCOC(=O)c1ccc(NC(=O)NC(C(=O)Nc2ccc(C)c(Cl)c2)c2cccc(-c3cnc(N(C)C)nc3)c2)cc1. The van der Waals surface area contributed by atoms with Crippen molar-refractivity contribution in [3.63, 3.8) is 0 Å². The first kappa shape index (κ1) is 30.0. The number of hydrogen-bond acceptors (Lipinski definition) is 7. The molecule has 3 aromatic carbocycles. The molecule has 0 bridgehead atoms. The Morgan fingerprint density at radius 3 is 2.24 bits per heavy atom. The minimum absolute atomic E-state index is 0.259. The van der Waals surface area contributed by atoms with Crippen molar-refractivity contribution in [1.29, 1.82) is 0 Å². The van der Waals surface area contributed by atoms with Crippen LogP contribution in [0.2, 0.25) is 5.02 Å². The maximum absolute atomic E-state index is 13.6. The largest absolute Gasteiger partial charge is 0.462 e. The van der Waals surface area contributed by atoms with Crippen molar-refractivity contribution in [3.05, 3.63) is 101 Å². The Hall–Kier alpha value is -4.96. The second-order valence-corrected chi connectivity index (χ2v) is 9.98. The molecule has 216 valence electrons. The topological polar surface area (TPSA) is 126 Å². The van der Waals surface area contributed by atoms with E-state index in [9.17, 15) is 14.4 Å². The lowest BCUT2D eigenvalue weighted by molar-refractivity contribution is -0.118. The number of aryl methyl sites for hydroxylation is 1. The molecule has 3 N–H and O–H groups in total. The summed E-state index contributed by atoms with van der Waals surface area (Å²) in [7, 11) is 3.71. The number of anilines is 3. The molecule has 42 heavy (non-hydrogen) atoms. The third kappa shape index (κ3) is 7.61. The summed E-state index contributed by atoms with van der Waals surface area (Å²) < 4.78 is 5.00. The van der Waals surface area contributed by atoms with Gasteiger partial charge in [-0.3, -0.25) is 4.79 Å². The number of carbonyl (C=O) groups excluding carboxylic acids is 3. The maximum atomic E-state index is 13.6. The van der Waals surface area contributed by atoms with E-state index >= 15 is 0 Å². The molecule has 0 saturated carbocycles. The van der Waals surface area contributed by atoms with Crippen LogP contribution >= 0.6 is 11.6 Å². The molecule has 0 radical (unpaired) electrons. The number of rotatable bonds is 9. The van der Waals surface area contributed by atoms with Crippen molar-refractivity contribution >= 4 is 46.8 Å². The van der Waals surface area contributed by atoms with Gasteiger partial charge in [0.2, 0.25) is 5.95 Å². The average molecular weight is 587 g/mol. The van der Waals surface area contributed by atoms with Gasteiger partial charge in [0.1, 0.15) is 6.04 Å². The number of benzene rings is 3. The molecule has 3 amide bonds. The molecule has 0 aliphatic heterocycles. The quantitative estimate of drug-likeness (QED) is 0.210. The van der Waals surface area contributed by atoms with Crippen molar-refractivity contribution in [2.75, 3.05) is 36.2 Å². The number of carbonyl (C=O) groups is 3. The van der Waals surface area contributed by atoms with Crippen LogP contribution in [0.3, 0.4) is 0 Å². The van der Waals surface area contributed by atoms with E-state index in [1.165, 1.54) is 0 Å². The van der Waals surface area contributed by atoms with Crippen LogP contribution in [0.25, 0.3) is 11.1 Å². The van der Waals surface area contributed by atoms with Crippen molar-refractivity contribution in [2.24, 2.45) is 0 Å². The van der Waals surface area contributed by atoms with Gasteiger partial charge in [0.15, 0.2) is 0 Å². The van der Waals surface area contributed by atoms with E-state index < -0.39 is 23.9 Å². The third-order valence-electron chi connectivity index (χ3n) is 6.22. The molecule has 1 unspecified atom stereocenters. The van der Waals surface area contributed by atoms with Crippen LogP contribution in [0.15, 0.2) is 79.1 Å². The van der Waals surface area contributed by atoms with Crippen molar-refractivity contribution in [1.82, 2.24) is 15.3 Å². The first-order chi connectivity index (χ1) is 20.1. The molecular weight excluding hydrogens is 556 g/mol. The number of hydrogen-bond donors (Lipinski definition) is 3. The van der Waals surface area contributed by atoms with E-state index in [4.69, 9.17) is 16.3 Å². The average Bonchev–Trinajstić information content (AvgIpc) is 2.98. The molecular formula is C31H31ClN6O4. The van der Waals surface area contributed by atoms with E-state index in [1.54, 1.807) is 84.9 Å². The monoisotopic (exact) mass is 586 g/mol. The number of aromatic nitrogens is 2.